The topological polar surface area (TPSA) is 108 Å². The van der Waals surface area contributed by atoms with Gasteiger partial charge in [0, 0.05) is 6.07 Å². The molecule has 1 aliphatic rings. The minimum Gasteiger partial charge on any atom is -0.347 e. The molecule has 0 aliphatic carbocycles. The first-order valence-electron chi connectivity index (χ1n) is 4.95. The summed E-state index contributed by atoms with van der Waals surface area (Å²) in [7, 11) is 0. The first-order chi connectivity index (χ1) is 8.02. The molecule has 7 nitrogen and oxygen atoms in total. The second-order valence-electron chi connectivity index (χ2n) is 3.71. The van der Waals surface area contributed by atoms with Gasteiger partial charge in [-0.15, -0.1) is 0 Å². The number of nitrogens with zero attached hydrogens (tertiary/aromatic N) is 2. The summed E-state index contributed by atoms with van der Waals surface area (Å²) in [6, 6.07) is 4.99. The number of carbonyl (C=O) groups is 2. The quantitative estimate of drug-likeness (QED) is 0.423. The fourth-order valence-corrected chi connectivity index (χ4v) is 1.76. The Bertz CT molecular complexity index is 514. The number of nitro benzene ring substituents is 1. The highest BCUT2D eigenvalue weighted by Gasteiger charge is 2.42. The van der Waals surface area contributed by atoms with Crippen molar-refractivity contribution in [2.45, 2.75) is 12.5 Å². The number of carbonyl (C=O) groups excluding carboxylic acids is 2. The lowest BCUT2D eigenvalue weighted by Crippen LogP contribution is -2.64. The van der Waals surface area contributed by atoms with Crippen molar-refractivity contribution in [3.63, 3.8) is 0 Å². The first-order valence-corrected chi connectivity index (χ1v) is 4.95. The summed E-state index contributed by atoms with van der Waals surface area (Å²) in [4.78, 5) is 34.4. The van der Waals surface area contributed by atoms with Crippen molar-refractivity contribution >= 4 is 23.2 Å². The van der Waals surface area contributed by atoms with Crippen LogP contribution in [0.1, 0.15) is 6.42 Å². The molecule has 0 aromatic heterocycles. The number of benzene rings is 1. The Balaban J connectivity index is 2.51. The first kappa shape index (κ1) is 11.2. The van der Waals surface area contributed by atoms with Gasteiger partial charge >= 0.3 is 0 Å². The van der Waals surface area contributed by atoms with Crippen LogP contribution in [-0.4, -0.2) is 22.8 Å². The molecule has 1 fully saturated rings. The van der Waals surface area contributed by atoms with Gasteiger partial charge in [0.25, 0.3) is 11.6 Å². The van der Waals surface area contributed by atoms with E-state index in [4.69, 9.17) is 0 Å². The van der Waals surface area contributed by atoms with Crippen molar-refractivity contribution in [3.8, 4) is 0 Å². The number of para-hydroxylation sites is 2. The fourth-order valence-electron chi connectivity index (χ4n) is 1.76. The van der Waals surface area contributed by atoms with E-state index in [0.717, 1.165) is 4.90 Å². The molecule has 0 bridgehead atoms. The van der Waals surface area contributed by atoms with Gasteiger partial charge in [-0.3, -0.25) is 19.7 Å². The summed E-state index contributed by atoms with van der Waals surface area (Å²) in [5, 5.41) is 10.8. The molecule has 1 aromatic carbocycles. The van der Waals surface area contributed by atoms with Crippen LogP contribution in [0.25, 0.3) is 0 Å². The van der Waals surface area contributed by atoms with Gasteiger partial charge in [-0.1, -0.05) is 12.1 Å². The highest BCUT2D eigenvalue weighted by atomic mass is 16.6. The number of rotatable bonds is 2. The van der Waals surface area contributed by atoms with Crippen molar-refractivity contribution in [3.05, 3.63) is 34.4 Å². The highest BCUT2D eigenvalue weighted by Crippen LogP contribution is 2.30. The molecule has 2 amide bonds. The Morgan fingerprint density at radius 1 is 1.35 bits per heavy atom. The lowest BCUT2D eigenvalue weighted by atomic mass is 10.2. The lowest BCUT2D eigenvalue weighted by molar-refractivity contribution is -0.399. The van der Waals surface area contributed by atoms with Crippen LogP contribution < -0.4 is 10.6 Å². The predicted molar refractivity (Wildman–Crippen MR) is 56.9 cm³/mol. The normalized spacial score (nSPS) is 19.8. The molecule has 0 radical (unpaired) electrons. The molecule has 0 unspecified atom stereocenters. The summed E-state index contributed by atoms with van der Waals surface area (Å²) in [5.74, 6) is -0.950. The van der Waals surface area contributed by atoms with Gasteiger partial charge in [0.15, 0.2) is 6.04 Å². The van der Waals surface area contributed by atoms with Crippen LogP contribution in [0.3, 0.4) is 0 Å². The zero-order chi connectivity index (χ0) is 12.6. The zero-order valence-electron chi connectivity index (χ0n) is 8.83. The third-order valence-corrected chi connectivity index (χ3v) is 2.56. The van der Waals surface area contributed by atoms with Crippen LogP contribution in [0.5, 0.6) is 0 Å². The molecule has 1 aliphatic heterocycles. The summed E-state index contributed by atoms with van der Waals surface area (Å²) in [5.41, 5.74) is 3.29. The molecule has 7 heteroatoms. The SMILES string of the molecule is [NH3+][C@@H]1CC(=O)N(c2ccccc2[N+](=O)[O-])C1=O. The maximum absolute atomic E-state index is 11.7. The number of nitro groups is 1. The van der Waals surface area contributed by atoms with Gasteiger partial charge in [0.05, 0.1) is 11.3 Å². The molecule has 88 valence electrons. The average molecular weight is 236 g/mol. The number of hydrogen-bond acceptors (Lipinski definition) is 4. The standard InChI is InChI=1S/C10H9N3O4/c11-6-5-9(14)12(10(6)15)7-3-1-2-4-8(7)13(16)17/h1-4,6H,5,11H2/p+1/t6-/m1/s1. The maximum Gasteiger partial charge on any atom is 0.293 e. The minimum atomic E-state index is -0.665. The van der Waals surface area contributed by atoms with Gasteiger partial charge in [-0.2, -0.15) is 0 Å². The van der Waals surface area contributed by atoms with Crippen molar-refractivity contribution in [2.75, 3.05) is 4.90 Å². The Morgan fingerprint density at radius 3 is 2.53 bits per heavy atom. The van der Waals surface area contributed by atoms with E-state index in [0.29, 0.717) is 0 Å². The second kappa shape index (κ2) is 3.95. The summed E-state index contributed by atoms with van der Waals surface area (Å²) < 4.78 is 0. The molecule has 1 aromatic rings. The smallest absolute Gasteiger partial charge is 0.293 e. The summed E-state index contributed by atoms with van der Waals surface area (Å²) >= 11 is 0. The van der Waals surface area contributed by atoms with E-state index in [-0.39, 0.29) is 17.8 Å². The largest absolute Gasteiger partial charge is 0.347 e. The van der Waals surface area contributed by atoms with E-state index >= 15 is 0 Å². The van der Waals surface area contributed by atoms with Crippen molar-refractivity contribution < 1.29 is 20.2 Å². The summed E-state index contributed by atoms with van der Waals surface area (Å²) in [6.07, 6.45) is -0.00905. The van der Waals surface area contributed by atoms with Crippen molar-refractivity contribution in [1.29, 1.82) is 0 Å². The van der Waals surface area contributed by atoms with E-state index in [1.807, 2.05) is 0 Å². The molecular weight excluding hydrogens is 226 g/mol. The Kier molecular flexibility index (Phi) is 2.60. The van der Waals surface area contributed by atoms with Crippen molar-refractivity contribution in [1.82, 2.24) is 0 Å². The van der Waals surface area contributed by atoms with Gasteiger partial charge in [-0.05, 0) is 6.07 Å². The minimum absolute atomic E-state index is 0.00905. The molecular formula is C10H10N3O4+. The Labute approximate surface area is 96.0 Å². The zero-order valence-corrected chi connectivity index (χ0v) is 8.83. The van der Waals surface area contributed by atoms with Crippen LogP contribution in [0.2, 0.25) is 0 Å². The fraction of sp³-hybridized carbons (Fsp3) is 0.200. The molecule has 1 heterocycles. The van der Waals surface area contributed by atoms with Gasteiger partial charge < -0.3 is 5.73 Å². The highest BCUT2D eigenvalue weighted by molar-refractivity contribution is 6.22. The van der Waals surface area contributed by atoms with Gasteiger partial charge in [0.2, 0.25) is 5.91 Å². The molecule has 17 heavy (non-hydrogen) atoms. The molecule has 2 rings (SSSR count). The van der Waals surface area contributed by atoms with Crippen LogP contribution in [-0.2, 0) is 9.59 Å². The number of amides is 2. The Morgan fingerprint density at radius 2 is 2.00 bits per heavy atom. The Hall–Kier alpha value is -2.28. The number of hydrogen-bond donors (Lipinski definition) is 1. The number of anilines is 1. The van der Waals surface area contributed by atoms with E-state index in [1.165, 1.54) is 18.2 Å². The summed E-state index contributed by atoms with van der Waals surface area (Å²) in [6.45, 7) is 0. The van der Waals surface area contributed by atoms with Crippen LogP contribution in [0, 0.1) is 10.1 Å². The number of quaternary nitrogens is 1. The third-order valence-electron chi connectivity index (χ3n) is 2.56. The number of imide groups is 1. The molecule has 3 N–H and O–H groups in total. The maximum atomic E-state index is 11.7. The third kappa shape index (κ3) is 1.76. The van der Waals surface area contributed by atoms with E-state index in [9.17, 15) is 19.7 Å². The van der Waals surface area contributed by atoms with E-state index < -0.39 is 22.8 Å². The van der Waals surface area contributed by atoms with E-state index in [1.54, 1.807) is 6.07 Å². The molecule has 1 atom stereocenters. The molecule has 0 spiro atoms. The van der Waals surface area contributed by atoms with Gasteiger partial charge in [-0.25, -0.2) is 4.90 Å². The van der Waals surface area contributed by atoms with Crippen LogP contribution in [0.15, 0.2) is 24.3 Å². The molecule has 1 saturated heterocycles. The molecule has 0 saturated carbocycles. The van der Waals surface area contributed by atoms with Gasteiger partial charge in [0.1, 0.15) is 5.69 Å². The predicted octanol–water partition coefficient (Wildman–Crippen LogP) is -0.531. The monoisotopic (exact) mass is 236 g/mol. The van der Waals surface area contributed by atoms with E-state index in [2.05, 4.69) is 5.73 Å². The van der Waals surface area contributed by atoms with Crippen LogP contribution >= 0.6 is 0 Å². The lowest BCUT2D eigenvalue weighted by Gasteiger charge is -2.12. The second-order valence-corrected chi connectivity index (χ2v) is 3.71. The van der Waals surface area contributed by atoms with Crippen LogP contribution in [0.4, 0.5) is 11.4 Å². The van der Waals surface area contributed by atoms with Crippen molar-refractivity contribution in [2.24, 2.45) is 0 Å². The average Bonchev–Trinajstić information content (AvgIpc) is 2.53.